The van der Waals surface area contributed by atoms with Crippen molar-refractivity contribution >= 4 is 11.6 Å². The number of rotatable bonds is 7. The number of halogens is 1. The van der Waals surface area contributed by atoms with Gasteiger partial charge in [-0.3, -0.25) is 0 Å². The van der Waals surface area contributed by atoms with E-state index in [2.05, 4.69) is 16.0 Å². The monoisotopic (exact) mass is 307 g/mol. The van der Waals surface area contributed by atoms with Crippen molar-refractivity contribution in [3.8, 4) is 0 Å². The van der Waals surface area contributed by atoms with Gasteiger partial charge in [-0.05, 0) is 31.3 Å². The Balaban J connectivity index is 2.07. The molecule has 0 aliphatic carbocycles. The highest BCUT2D eigenvalue weighted by molar-refractivity contribution is 6.31. The summed E-state index contributed by atoms with van der Waals surface area (Å²) in [4.78, 5) is 6.47. The molecular weight excluding hydrogens is 286 g/mol. The molecule has 5 heteroatoms. The minimum Gasteiger partial charge on any atom is -0.375 e. The molecule has 0 spiro atoms. The lowest BCUT2D eigenvalue weighted by atomic mass is 10.0. The van der Waals surface area contributed by atoms with Gasteiger partial charge in [0.1, 0.15) is 5.82 Å². The number of aromatic nitrogens is 2. The van der Waals surface area contributed by atoms with Crippen molar-refractivity contribution in [2.24, 2.45) is 7.05 Å². The fourth-order valence-corrected chi connectivity index (χ4v) is 2.34. The van der Waals surface area contributed by atoms with Gasteiger partial charge in [-0.15, -0.1) is 0 Å². The smallest absolute Gasteiger partial charge is 0.112 e. The van der Waals surface area contributed by atoms with Crippen LogP contribution >= 0.6 is 11.6 Å². The molecule has 0 N–H and O–H groups in total. The molecule has 0 amide bonds. The maximum absolute atomic E-state index is 6.33. The van der Waals surface area contributed by atoms with Crippen LogP contribution in [0.5, 0.6) is 0 Å². The molecule has 4 nitrogen and oxygen atoms in total. The summed E-state index contributed by atoms with van der Waals surface area (Å²) < 4.78 is 7.77. The van der Waals surface area contributed by atoms with Crippen molar-refractivity contribution in [2.75, 3.05) is 27.2 Å². The molecule has 21 heavy (non-hydrogen) atoms. The third kappa shape index (κ3) is 4.56. The molecule has 0 saturated heterocycles. The van der Waals surface area contributed by atoms with E-state index in [-0.39, 0.29) is 0 Å². The van der Waals surface area contributed by atoms with Gasteiger partial charge in [-0.1, -0.05) is 23.7 Å². The molecular formula is C16H22ClN3O. The van der Waals surface area contributed by atoms with Crippen LogP contribution in [0.4, 0.5) is 0 Å². The van der Waals surface area contributed by atoms with E-state index in [1.165, 1.54) is 5.56 Å². The zero-order valence-electron chi connectivity index (χ0n) is 12.8. The van der Waals surface area contributed by atoms with E-state index in [0.717, 1.165) is 29.4 Å². The number of likely N-dealkylation sites (N-methyl/N-ethyl adjacent to an activating group) is 1. The van der Waals surface area contributed by atoms with Gasteiger partial charge in [0.25, 0.3) is 0 Å². The second kappa shape index (κ2) is 7.59. The Morgan fingerprint density at radius 2 is 2.14 bits per heavy atom. The predicted molar refractivity (Wildman–Crippen MR) is 85.7 cm³/mol. The van der Waals surface area contributed by atoms with E-state index in [4.69, 9.17) is 16.3 Å². The maximum atomic E-state index is 6.33. The Hall–Kier alpha value is -1.36. The largest absolute Gasteiger partial charge is 0.375 e. The SMILES string of the molecule is CN(C)CCOCc1c(Cl)cccc1Cc1nccn1C. The molecule has 0 atom stereocenters. The van der Waals surface area contributed by atoms with Gasteiger partial charge in [-0.2, -0.15) is 0 Å². The van der Waals surface area contributed by atoms with Gasteiger partial charge in [0, 0.05) is 37.4 Å². The summed E-state index contributed by atoms with van der Waals surface area (Å²) in [6, 6.07) is 5.98. The fraction of sp³-hybridized carbons (Fsp3) is 0.438. The van der Waals surface area contributed by atoms with Gasteiger partial charge < -0.3 is 14.2 Å². The third-order valence-electron chi connectivity index (χ3n) is 3.41. The van der Waals surface area contributed by atoms with Crippen LogP contribution in [-0.2, 0) is 24.8 Å². The second-order valence-electron chi connectivity index (χ2n) is 5.36. The van der Waals surface area contributed by atoms with Crippen LogP contribution in [0.3, 0.4) is 0 Å². The van der Waals surface area contributed by atoms with E-state index < -0.39 is 0 Å². The van der Waals surface area contributed by atoms with Crippen molar-refractivity contribution in [3.05, 3.63) is 52.6 Å². The maximum Gasteiger partial charge on any atom is 0.112 e. The lowest BCUT2D eigenvalue weighted by Crippen LogP contribution is -2.18. The van der Waals surface area contributed by atoms with Gasteiger partial charge >= 0.3 is 0 Å². The third-order valence-corrected chi connectivity index (χ3v) is 3.77. The Morgan fingerprint density at radius 3 is 2.81 bits per heavy atom. The van der Waals surface area contributed by atoms with E-state index in [0.29, 0.717) is 13.2 Å². The fourth-order valence-electron chi connectivity index (χ4n) is 2.09. The predicted octanol–water partition coefficient (Wildman–Crippen LogP) is 2.74. The minimum absolute atomic E-state index is 0.535. The first-order valence-electron chi connectivity index (χ1n) is 7.03. The number of nitrogens with zero attached hydrogens (tertiary/aromatic N) is 3. The molecule has 1 aromatic carbocycles. The quantitative estimate of drug-likeness (QED) is 0.737. The summed E-state index contributed by atoms with van der Waals surface area (Å²) in [5.74, 6) is 1.02. The number of hydrogen-bond donors (Lipinski definition) is 0. The Bertz CT molecular complexity index is 581. The van der Waals surface area contributed by atoms with E-state index in [9.17, 15) is 0 Å². The van der Waals surface area contributed by atoms with E-state index in [1.807, 2.05) is 50.2 Å². The Labute approximate surface area is 131 Å². The summed E-state index contributed by atoms with van der Waals surface area (Å²) in [6.45, 7) is 2.13. The zero-order valence-corrected chi connectivity index (χ0v) is 13.6. The summed E-state index contributed by atoms with van der Waals surface area (Å²) in [6.07, 6.45) is 4.52. The molecule has 0 aliphatic heterocycles. The summed E-state index contributed by atoms with van der Waals surface area (Å²) >= 11 is 6.33. The number of aryl methyl sites for hydroxylation is 1. The second-order valence-corrected chi connectivity index (χ2v) is 5.77. The van der Waals surface area contributed by atoms with Crippen molar-refractivity contribution in [2.45, 2.75) is 13.0 Å². The first kappa shape index (κ1) is 16.0. The number of hydrogen-bond acceptors (Lipinski definition) is 3. The minimum atomic E-state index is 0.535. The van der Waals surface area contributed by atoms with Gasteiger partial charge in [-0.25, -0.2) is 4.98 Å². The van der Waals surface area contributed by atoms with Crippen LogP contribution in [0, 0.1) is 0 Å². The first-order valence-corrected chi connectivity index (χ1v) is 7.40. The Morgan fingerprint density at radius 1 is 1.33 bits per heavy atom. The van der Waals surface area contributed by atoms with Crippen molar-refractivity contribution in [3.63, 3.8) is 0 Å². The molecule has 0 aliphatic rings. The molecule has 1 aromatic heterocycles. The Kier molecular flexibility index (Phi) is 5.79. The van der Waals surface area contributed by atoms with Crippen LogP contribution in [0.15, 0.2) is 30.6 Å². The lowest BCUT2D eigenvalue weighted by Gasteiger charge is -2.14. The summed E-state index contributed by atoms with van der Waals surface area (Å²) in [7, 11) is 6.07. The molecule has 2 aromatic rings. The number of ether oxygens (including phenoxy) is 1. The zero-order chi connectivity index (χ0) is 15.2. The highest BCUT2D eigenvalue weighted by Gasteiger charge is 2.10. The molecule has 114 valence electrons. The van der Waals surface area contributed by atoms with Crippen LogP contribution in [0.25, 0.3) is 0 Å². The highest BCUT2D eigenvalue weighted by atomic mass is 35.5. The van der Waals surface area contributed by atoms with Gasteiger partial charge in [0.05, 0.1) is 13.2 Å². The summed E-state index contributed by atoms with van der Waals surface area (Å²) in [5.41, 5.74) is 2.22. The average Bonchev–Trinajstić information content (AvgIpc) is 2.82. The van der Waals surface area contributed by atoms with Crippen LogP contribution in [0.1, 0.15) is 17.0 Å². The van der Waals surface area contributed by atoms with Gasteiger partial charge in [0.15, 0.2) is 0 Å². The first-order chi connectivity index (χ1) is 10.1. The molecule has 0 bridgehead atoms. The molecule has 1 heterocycles. The van der Waals surface area contributed by atoms with Crippen LogP contribution in [0.2, 0.25) is 5.02 Å². The number of imidazole rings is 1. The van der Waals surface area contributed by atoms with Gasteiger partial charge in [0.2, 0.25) is 0 Å². The average molecular weight is 308 g/mol. The molecule has 0 fully saturated rings. The lowest BCUT2D eigenvalue weighted by molar-refractivity contribution is 0.105. The van der Waals surface area contributed by atoms with Crippen LogP contribution < -0.4 is 0 Å². The van der Waals surface area contributed by atoms with Crippen molar-refractivity contribution in [1.82, 2.24) is 14.5 Å². The van der Waals surface area contributed by atoms with E-state index >= 15 is 0 Å². The van der Waals surface area contributed by atoms with Crippen molar-refractivity contribution < 1.29 is 4.74 Å². The topological polar surface area (TPSA) is 30.3 Å². The molecule has 0 saturated carbocycles. The van der Waals surface area contributed by atoms with E-state index in [1.54, 1.807) is 0 Å². The molecule has 0 unspecified atom stereocenters. The molecule has 2 rings (SSSR count). The molecule has 0 radical (unpaired) electrons. The van der Waals surface area contributed by atoms with Crippen molar-refractivity contribution in [1.29, 1.82) is 0 Å². The van der Waals surface area contributed by atoms with Crippen LogP contribution in [-0.4, -0.2) is 41.7 Å². The normalized spacial score (nSPS) is 11.3. The summed E-state index contributed by atoms with van der Waals surface area (Å²) in [5, 5.41) is 0.756. The standard InChI is InChI=1S/C16H22ClN3O/c1-19(2)9-10-21-12-14-13(5-4-6-15(14)17)11-16-18-7-8-20(16)3/h4-8H,9-12H2,1-3H3. The number of benzene rings is 1. The highest BCUT2D eigenvalue weighted by Crippen LogP contribution is 2.23.